The number of carbonyl (C=O) groups excluding carboxylic acids is 1. The summed E-state index contributed by atoms with van der Waals surface area (Å²) in [6, 6.07) is 6.91. The zero-order chi connectivity index (χ0) is 13.1. The molecule has 1 aromatic rings. The molecule has 0 radical (unpaired) electrons. The Morgan fingerprint density at radius 3 is 2.47 bits per heavy atom. The van der Waals surface area contributed by atoms with Crippen molar-refractivity contribution in [2.45, 2.75) is 6.92 Å². The largest absolute Gasteiger partial charge is 0.293 e. The predicted octanol–water partition coefficient (Wildman–Crippen LogP) is -0.249. The molecule has 0 aromatic heterocycles. The first-order chi connectivity index (χ1) is 7.86. The SMILES string of the molecule is Cc1ccccc1N(CC(=O)NN)S(C)(=O)=O. The van der Waals surface area contributed by atoms with Crippen molar-refractivity contribution in [2.24, 2.45) is 5.84 Å². The van der Waals surface area contributed by atoms with Gasteiger partial charge in [0.25, 0.3) is 5.91 Å². The smallest absolute Gasteiger partial charge is 0.254 e. The average Bonchev–Trinajstić information content (AvgIpc) is 2.25. The number of amides is 1. The molecule has 0 spiro atoms. The molecule has 0 aliphatic rings. The van der Waals surface area contributed by atoms with Crippen LogP contribution in [0, 0.1) is 6.92 Å². The third-order valence-electron chi connectivity index (χ3n) is 2.23. The van der Waals surface area contributed by atoms with E-state index in [-0.39, 0.29) is 6.54 Å². The zero-order valence-corrected chi connectivity index (χ0v) is 10.5. The third-order valence-corrected chi connectivity index (χ3v) is 3.36. The minimum Gasteiger partial charge on any atom is -0.293 e. The fourth-order valence-electron chi connectivity index (χ4n) is 1.40. The third kappa shape index (κ3) is 3.43. The summed E-state index contributed by atoms with van der Waals surface area (Å²) in [6.45, 7) is 1.44. The molecular formula is C10H15N3O3S. The summed E-state index contributed by atoms with van der Waals surface area (Å²) in [5.74, 6) is 4.39. The van der Waals surface area contributed by atoms with E-state index in [9.17, 15) is 13.2 Å². The number of hydrogen-bond acceptors (Lipinski definition) is 4. The molecule has 0 atom stereocenters. The van der Waals surface area contributed by atoms with Crippen molar-refractivity contribution >= 4 is 21.6 Å². The van der Waals surface area contributed by atoms with Crippen LogP contribution in [0.15, 0.2) is 24.3 Å². The Labute approximate surface area is 100 Å². The first-order valence-corrected chi connectivity index (χ1v) is 6.74. The summed E-state index contributed by atoms with van der Waals surface area (Å²) < 4.78 is 24.3. The Morgan fingerprint density at radius 2 is 2.00 bits per heavy atom. The Morgan fingerprint density at radius 1 is 1.41 bits per heavy atom. The van der Waals surface area contributed by atoms with Crippen LogP contribution < -0.4 is 15.6 Å². The lowest BCUT2D eigenvalue weighted by Crippen LogP contribution is -2.43. The molecule has 0 bridgehead atoms. The Balaban J connectivity index is 3.17. The van der Waals surface area contributed by atoms with Gasteiger partial charge in [0.1, 0.15) is 6.54 Å². The van der Waals surface area contributed by atoms with Gasteiger partial charge in [0.05, 0.1) is 11.9 Å². The van der Waals surface area contributed by atoms with E-state index in [0.29, 0.717) is 5.69 Å². The number of sulfonamides is 1. The second kappa shape index (κ2) is 5.15. The minimum absolute atomic E-state index is 0.333. The molecule has 0 saturated carbocycles. The van der Waals surface area contributed by atoms with Crippen LogP contribution >= 0.6 is 0 Å². The van der Waals surface area contributed by atoms with Gasteiger partial charge < -0.3 is 0 Å². The number of nitrogens with zero attached hydrogens (tertiary/aromatic N) is 1. The molecule has 17 heavy (non-hydrogen) atoms. The topological polar surface area (TPSA) is 92.5 Å². The Hall–Kier alpha value is -1.60. The normalized spacial score (nSPS) is 11.0. The molecule has 1 aromatic carbocycles. The number of nitrogens with two attached hydrogens (primary N) is 1. The van der Waals surface area contributed by atoms with E-state index in [4.69, 9.17) is 5.84 Å². The van der Waals surface area contributed by atoms with Gasteiger partial charge in [0.15, 0.2) is 0 Å². The summed E-state index contributed by atoms with van der Waals surface area (Å²) in [4.78, 5) is 11.2. The number of rotatable bonds is 4. The van der Waals surface area contributed by atoms with Crippen LogP contribution in [0.25, 0.3) is 0 Å². The van der Waals surface area contributed by atoms with Crippen molar-refractivity contribution in [1.29, 1.82) is 0 Å². The first kappa shape index (κ1) is 13.5. The highest BCUT2D eigenvalue weighted by molar-refractivity contribution is 7.92. The molecular weight excluding hydrogens is 242 g/mol. The van der Waals surface area contributed by atoms with E-state index in [0.717, 1.165) is 16.1 Å². The molecule has 7 heteroatoms. The van der Waals surface area contributed by atoms with Gasteiger partial charge in [-0.2, -0.15) is 0 Å². The number of carbonyl (C=O) groups is 1. The second-order valence-electron chi connectivity index (χ2n) is 3.62. The second-order valence-corrected chi connectivity index (χ2v) is 5.53. The van der Waals surface area contributed by atoms with Gasteiger partial charge in [0, 0.05) is 0 Å². The number of hydrogen-bond donors (Lipinski definition) is 2. The van der Waals surface area contributed by atoms with Gasteiger partial charge >= 0.3 is 0 Å². The molecule has 0 fully saturated rings. The maximum Gasteiger partial charge on any atom is 0.254 e. The van der Waals surface area contributed by atoms with Gasteiger partial charge in [-0.05, 0) is 18.6 Å². The number of para-hydroxylation sites is 1. The van der Waals surface area contributed by atoms with E-state index in [1.807, 2.05) is 5.43 Å². The van der Waals surface area contributed by atoms with Crippen molar-refractivity contribution in [1.82, 2.24) is 5.43 Å². The van der Waals surface area contributed by atoms with Crippen LogP contribution in [-0.2, 0) is 14.8 Å². The van der Waals surface area contributed by atoms with Gasteiger partial charge in [-0.15, -0.1) is 0 Å². The molecule has 0 heterocycles. The zero-order valence-electron chi connectivity index (χ0n) is 9.67. The summed E-state index contributed by atoms with van der Waals surface area (Å²) in [6.07, 6.45) is 1.04. The maximum atomic E-state index is 11.6. The highest BCUT2D eigenvalue weighted by Gasteiger charge is 2.21. The van der Waals surface area contributed by atoms with Gasteiger partial charge in [-0.3, -0.25) is 14.5 Å². The van der Waals surface area contributed by atoms with E-state index in [1.54, 1.807) is 31.2 Å². The summed E-state index contributed by atoms with van der Waals surface area (Å²) in [5.41, 5.74) is 3.15. The molecule has 6 nitrogen and oxygen atoms in total. The highest BCUT2D eigenvalue weighted by Crippen LogP contribution is 2.21. The first-order valence-electron chi connectivity index (χ1n) is 4.89. The van der Waals surface area contributed by atoms with E-state index in [2.05, 4.69) is 0 Å². The number of aryl methyl sites for hydroxylation is 1. The van der Waals surface area contributed by atoms with Crippen molar-refractivity contribution in [2.75, 3.05) is 17.1 Å². The van der Waals surface area contributed by atoms with Crippen LogP contribution in [0.5, 0.6) is 0 Å². The van der Waals surface area contributed by atoms with Crippen LogP contribution in [-0.4, -0.2) is 27.1 Å². The molecule has 1 rings (SSSR count). The van der Waals surface area contributed by atoms with Crippen LogP contribution in [0.1, 0.15) is 5.56 Å². The van der Waals surface area contributed by atoms with E-state index >= 15 is 0 Å². The maximum absolute atomic E-state index is 11.6. The Kier molecular flexibility index (Phi) is 4.08. The summed E-state index contributed by atoms with van der Waals surface area (Å²) >= 11 is 0. The summed E-state index contributed by atoms with van der Waals surface area (Å²) in [7, 11) is -3.53. The lowest BCUT2D eigenvalue weighted by atomic mass is 10.2. The van der Waals surface area contributed by atoms with Crippen molar-refractivity contribution in [3.8, 4) is 0 Å². The molecule has 0 unspecified atom stereocenters. The lowest BCUT2D eigenvalue weighted by molar-refractivity contribution is -0.119. The summed E-state index contributed by atoms with van der Waals surface area (Å²) in [5, 5.41) is 0. The number of nitrogens with one attached hydrogen (secondary N) is 1. The molecule has 0 saturated heterocycles. The predicted molar refractivity (Wildman–Crippen MR) is 65.7 cm³/mol. The van der Waals surface area contributed by atoms with E-state index < -0.39 is 15.9 Å². The molecule has 0 aliphatic carbocycles. The fraction of sp³-hybridized carbons (Fsp3) is 0.300. The van der Waals surface area contributed by atoms with Crippen molar-refractivity contribution in [3.05, 3.63) is 29.8 Å². The van der Waals surface area contributed by atoms with Gasteiger partial charge in [-0.25, -0.2) is 14.3 Å². The average molecular weight is 257 g/mol. The van der Waals surface area contributed by atoms with Gasteiger partial charge in [-0.1, -0.05) is 18.2 Å². The number of hydrazine groups is 1. The fourth-order valence-corrected chi connectivity index (χ4v) is 2.31. The minimum atomic E-state index is -3.53. The molecule has 0 aliphatic heterocycles. The lowest BCUT2D eigenvalue weighted by Gasteiger charge is -2.22. The van der Waals surface area contributed by atoms with E-state index in [1.165, 1.54) is 0 Å². The van der Waals surface area contributed by atoms with Crippen LogP contribution in [0.3, 0.4) is 0 Å². The highest BCUT2D eigenvalue weighted by atomic mass is 32.2. The molecule has 1 amide bonds. The molecule has 94 valence electrons. The monoisotopic (exact) mass is 257 g/mol. The standard InChI is InChI=1S/C10H15N3O3S/c1-8-5-3-4-6-9(8)13(17(2,15)16)7-10(14)12-11/h3-6H,7,11H2,1-2H3,(H,12,14). The Bertz CT molecular complexity index is 513. The van der Waals surface area contributed by atoms with Gasteiger partial charge in [0.2, 0.25) is 10.0 Å². The van der Waals surface area contributed by atoms with Crippen molar-refractivity contribution < 1.29 is 13.2 Å². The quantitative estimate of drug-likeness (QED) is 0.442. The van der Waals surface area contributed by atoms with Crippen LogP contribution in [0.2, 0.25) is 0 Å². The molecule has 3 N–H and O–H groups in total. The number of anilines is 1. The van der Waals surface area contributed by atoms with Crippen LogP contribution in [0.4, 0.5) is 5.69 Å². The van der Waals surface area contributed by atoms with Crippen molar-refractivity contribution in [3.63, 3.8) is 0 Å². The number of benzene rings is 1.